The zero-order chi connectivity index (χ0) is 16.4. The Morgan fingerprint density at radius 3 is 2.48 bits per heavy atom. The Hall–Kier alpha value is -2.11. The van der Waals surface area contributed by atoms with Gasteiger partial charge >= 0.3 is 6.03 Å². The van der Waals surface area contributed by atoms with E-state index in [0.717, 1.165) is 31.2 Å². The van der Waals surface area contributed by atoms with Crippen LogP contribution in [0.5, 0.6) is 0 Å². The van der Waals surface area contributed by atoms with Crippen LogP contribution in [-0.4, -0.2) is 41.4 Å². The third kappa shape index (κ3) is 3.30. The van der Waals surface area contributed by atoms with Crippen molar-refractivity contribution in [1.29, 1.82) is 0 Å². The number of hydrogen-bond acceptors (Lipinski definition) is 2. The number of piperidine rings is 1. The molecule has 0 unspecified atom stereocenters. The van der Waals surface area contributed by atoms with Gasteiger partial charge < -0.3 is 15.5 Å². The highest BCUT2D eigenvalue weighted by Gasteiger charge is 2.36. The minimum absolute atomic E-state index is 0.00653. The number of amides is 3. The number of benzene rings is 1. The molecule has 2 atom stereocenters. The van der Waals surface area contributed by atoms with Crippen LogP contribution in [0, 0.1) is 11.7 Å². The monoisotopic (exact) mass is 319 g/mol. The van der Waals surface area contributed by atoms with Crippen molar-refractivity contribution in [2.45, 2.75) is 31.7 Å². The number of urea groups is 1. The molecule has 3 rings (SSSR count). The predicted octanol–water partition coefficient (Wildman–Crippen LogP) is 2.28. The molecule has 23 heavy (non-hydrogen) atoms. The van der Waals surface area contributed by atoms with Gasteiger partial charge in [-0.3, -0.25) is 4.79 Å². The molecule has 0 aromatic heterocycles. The van der Waals surface area contributed by atoms with Crippen molar-refractivity contribution in [3.05, 3.63) is 35.6 Å². The molecule has 2 aliphatic heterocycles. The number of halogens is 1. The van der Waals surface area contributed by atoms with E-state index in [-0.39, 0.29) is 23.7 Å². The predicted molar refractivity (Wildman–Crippen MR) is 84.0 cm³/mol. The summed E-state index contributed by atoms with van der Waals surface area (Å²) in [6.07, 6.45) is 3.42. The molecular weight excluding hydrogens is 297 g/mol. The smallest absolute Gasteiger partial charge is 0.314 e. The SMILES string of the molecule is NC(=O)N1CCC[C@H](C(=O)N2CCC[C@H]2c2ccc(F)cc2)C1. The molecule has 2 N–H and O–H groups in total. The average molecular weight is 319 g/mol. The molecule has 2 saturated heterocycles. The van der Waals surface area contributed by atoms with Gasteiger partial charge in [-0.15, -0.1) is 0 Å². The van der Waals surface area contributed by atoms with Crippen molar-refractivity contribution in [2.24, 2.45) is 11.7 Å². The third-order valence-corrected chi connectivity index (χ3v) is 4.87. The van der Waals surface area contributed by atoms with Gasteiger partial charge in [0.05, 0.1) is 12.0 Å². The first kappa shape index (κ1) is 15.8. The lowest BCUT2D eigenvalue weighted by molar-refractivity contribution is -0.137. The Morgan fingerprint density at radius 2 is 1.78 bits per heavy atom. The Morgan fingerprint density at radius 1 is 1.09 bits per heavy atom. The molecule has 1 aromatic rings. The highest BCUT2D eigenvalue weighted by molar-refractivity contribution is 5.81. The molecule has 0 aliphatic carbocycles. The molecule has 0 radical (unpaired) electrons. The van der Waals surface area contributed by atoms with Gasteiger partial charge in [0.2, 0.25) is 5.91 Å². The van der Waals surface area contributed by atoms with Crippen molar-refractivity contribution in [1.82, 2.24) is 9.80 Å². The molecule has 6 heteroatoms. The number of hydrogen-bond donors (Lipinski definition) is 1. The molecule has 0 saturated carbocycles. The number of nitrogens with zero attached hydrogens (tertiary/aromatic N) is 2. The fraction of sp³-hybridized carbons (Fsp3) is 0.529. The van der Waals surface area contributed by atoms with Gasteiger partial charge in [0.15, 0.2) is 0 Å². The summed E-state index contributed by atoms with van der Waals surface area (Å²) in [4.78, 5) is 27.7. The van der Waals surface area contributed by atoms with Crippen LogP contribution in [0.3, 0.4) is 0 Å². The Bertz CT molecular complexity index is 590. The Balaban J connectivity index is 1.73. The highest BCUT2D eigenvalue weighted by atomic mass is 19.1. The molecule has 2 fully saturated rings. The molecular formula is C17H22FN3O2. The Labute approximate surface area is 135 Å². The normalized spacial score (nSPS) is 24.7. The van der Waals surface area contributed by atoms with Gasteiger partial charge in [0.1, 0.15) is 5.82 Å². The number of nitrogens with two attached hydrogens (primary N) is 1. The van der Waals surface area contributed by atoms with Crippen molar-refractivity contribution in [3.8, 4) is 0 Å². The maximum Gasteiger partial charge on any atom is 0.314 e. The van der Waals surface area contributed by atoms with Gasteiger partial charge in [0.25, 0.3) is 0 Å². The first-order valence-electron chi connectivity index (χ1n) is 8.16. The van der Waals surface area contributed by atoms with Gasteiger partial charge in [-0.1, -0.05) is 12.1 Å². The van der Waals surface area contributed by atoms with Crippen LogP contribution in [0.25, 0.3) is 0 Å². The topological polar surface area (TPSA) is 66.6 Å². The second-order valence-corrected chi connectivity index (χ2v) is 6.36. The minimum Gasteiger partial charge on any atom is -0.351 e. The Kier molecular flexibility index (Phi) is 4.50. The van der Waals surface area contributed by atoms with Crippen molar-refractivity contribution in [2.75, 3.05) is 19.6 Å². The van der Waals surface area contributed by atoms with E-state index >= 15 is 0 Å². The van der Waals surface area contributed by atoms with Gasteiger partial charge in [0, 0.05) is 19.6 Å². The summed E-state index contributed by atoms with van der Waals surface area (Å²) in [7, 11) is 0. The molecule has 2 heterocycles. The second-order valence-electron chi connectivity index (χ2n) is 6.36. The van der Waals surface area contributed by atoms with E-state index in [1.807, 2.05) is 4.90 Å². The first-order chi connectivity index (χ1) is 11.1. The highest BCUT2D eigenvalue weighted by Crippen LogP contribution is 2.34. The largest absolute Gasteiger partial charge is 0.351 e. The van der Waals surface area contributed by atoms with E-state index in [1.165, 1.54) is 12.1 Å². The van der Waals surface area contributed by atoms with Gasteiger partial charge in [-0.2, -0.15) is 0 Å². The van der Waals surface area contributed by atoms with E-state index in [9.17, 15) is 14.0 Å². The molecule has 0 spiro atoms. The van der Waals surface area contributed by atoms with Crippen molar-refractivity contribution in [3.63, 3.8) is 0 Å². The molecule has 124 valence electrons. The van der Waals surface area contributed by atoms with Crippen LogP contribution in [0.2, 0.25) is 0 Å². The maximum absolute atomic E-state index is 13.1. The number of carbonyl (C=O) groups is 2. The summed E-state index contributed by atoms with van der Waals surface area (Å²) in [5.74, 6) is -0.367. The standard InChI is InChI=1S/C17H22FN3O2/c18-14-7-5-12(6-8-14)15-4-2-10-21(15)16(22)13-3-1-9-20(11-13)17(19)23/h5-8,13,15H,1-4,9-11H2,(H2,19,23)/t13-,15-/m0/s1. The second kappa shape index (κ2) is 6.56. The number of carbonyl (C=O) groups excluding carboxylic acids is 2. The summed E-state index contributed by atoms with van der Waals surface area (Å²) in [6, 6.07) is 5.92. The van der Waals surface area contributed by atoms with Crippen LogP contribution in [-0.2, 0) is 4.79 Å². The van der Waals surface area contributed by atoms with E-state index in [0.29, 0.717) is 19.6 Å². The van der Waals surface area contributed by atoms with Crippen LogP contribution >= 0.6 is 0 Å². The lowest BCUT2D eigenvalue weighted by Crippen LogP contribution is -2.48. The number of likely N-dealkylation sites (tertiary alicyclic amines) is 2. The molecule has 3 amide bonds. The molecule has 5 nitrogen and oxygen atoms in total. The molecule has 1 aromatic carbocycles. The summed E-state index contributed by atoms with van der Waals surface area (Å²) in [5.41, 5.74) is 6.31. The fourth-order valence-electron chi connectivity index (χ4n) is 3.68. The summed E-state index contributed by atoms with van der Waals surface area (Å²) in [6.45, 7) is 1.75. The first-order valence-corrected chi connectivity index (χ1v) is 8.16. The fourth-order valence-corrected chi connectivity index (χ4v) is 3.68. The molecule has 2 aliphatic rings. The number of rotatable bonds is 2. The van der Waals surface area contributed by atoms with E-state index in [1.54, 1.807) is 17.0 Å². The lowest BCUT2D eigenvalue weighted by Gasteiger charge is -2.35. The van der Waals surface area contributed by atoms with Gasteiger partial charge in [-0.25, -0.2) is 9.18 Å². The van der Waals surface area contributed by atoms with Crippen LogP contribution < -0.4 is 5.73 Å². The van der Waals surface area contributed by atoms with E-state index in [4.69, 9.17) is 5.73 Å². The zero-order valence-electron chi connectivity index (χ0n) is 13.1. The summed E-state index contributed by atoms with van der Waals surface area (Å²) in [5, 5.41) is 0. The third-order valence-electron chi connectivity index (χ3n) is 4.87. The lowest BCUT2D eigenvalue weighted by atomic mass is 9.95. The summed E-state index contributed by atoms with van der Waals surface area (Å²) >= 11 is 0. The average Bonchev–Trinajstić information content (AvgIpc) is 3.04. The van der Waals surface area contributed by atoms with Crippen LogP contribution in [0.15, 0.2) is 24.3 Å². The summed E-state index contributed by atoms with van der Waals surface area (Å²) < 4.78 is 13.1. The maximum atomic E-state index is 13.1. The van der Waals surface area contributed by atoms with Crippen LogP contribution in [0.4, 0.5) is 9.18 Å². The van der Waals surface area contributed by atoms with Gasteiger partial charge in [-0.05, 0) is 43.4 Å². The van der Waals surface area contributed by atoms with Crippen LogP contribution in [0.1, 0.15) is 37.3 Å². The van der Waals surface area contributed by atoms with E-state index < -0.39 is 6.03 Å². The zero-order valence-corrected chi connectivity index (χ0v) is 13.1. The van der Waals surface area contributed by atoms with Crippen molar-refractivity contribution < 1.29 is 14.0 Å². The molecule has 0 bridgehead atoms. The van der Waals surface area contributed by atoms with Crippen molar-refractivity contribution >= 4 is 11.9 Å². The quantitative estimate of drug-likeness (QED) is 0.909. The van der Waals surface area contributed by atoms with E-state index in [2.05, 4.69) is 0 Å². The number of primary amides is 1. The minimum atomic E-state index is -0.459.